The first-order chi connectivity index (χ1) is 16.4. The van der Waals surface area contributed by atoms with Crippen LogP contribution in [0.2, 0.25) is 0 Å². The Kier molecular flexibility index (Phi) is 13.6. The molecule has 0 aromatic carbocycles. The number of hydrogen-bond acceptors (Lipinski definition) is 10. The van der Waals surface area contributed by atoms with Crippen LogP contribution in [-0.2, 0) is 19.1 Å². The summed E-state index contributed by atoms with van der Waals surface area (Å²) in [5, 5.41) is 63.3. The lowest BCUT2D eigenvalue weighted by Gasteiger charge is -2.47. The Morgan fingerprint density at radius 1 is 0.649 bits per heavy atom. The minimum Gasteiger partial charge on any atom is -0.394 e. The van der Waals surface area contributed by atoms with Gasteiger partial charge in [0, 0.05) is 13.8 Å². The molecule has 10 atom stereocenters. The van der Waals surface area contributed by atoms with Gasteiger partial charge in [-0.05, 0) is 10.8 Å². The van der Waals surface area contributed by atoms with Crippen LogP contribution < -0.4 is 10.6 Å². The Morgan fingerprint density at radius 3 is 1.11 bits per heavy atom. The van der Waals surface area contributed by atoms with E-state index in [0.29, 0.717) is 0 Å². The van der Waals surface area contributed by atoms with Crippen LogP contribution >= 0.6 is 0 Å². The molecule has 2 amide bonds. The van der Waals surface area contributed by atoms with Crippen molar-refractivity contribution in [3.05, 3.63) is 0 Å². The summed E-state index contributed by atoms with van der Waals surface area (Å²) in [6.07, 6.45) is -7.42. The van der Waals surface area contributed by atoms with Gasteiger partial charge in [0.2, 0.25) is 11.8 Å². The Hall–Kier alpha value is -1.38. The molecule has 8 N–H and O–H groups in total. The van der Waals surface area contributed by atoms with Crippen molar-refractivity contribution in [2.75, 3.05) is 13.2 Å². The van der Waals surface area contributed by atoms with Gasteiger partial charge in [0.1, 0.15) is 36.6 Å². The first kappa shape index (κ1) is 35.6. The normalized spacial score (nSPS) is 36.4. The van der Waals surface area contributed by atoms with Crippen LogP contribution in [0.15, 0.2) is 0 Å². The first-order valence-electron chi connectivity index (χ1n) is 12.2. The molecule has 0 radical (unpaired) electrons. The van der Waals surface area contributed by atoms with Gasteiger partial charge in [-0.15, -0.1) is 0 Å². The molecular weight excluding hydrogens is 488 g/mol. The number of nitrogens with one attached hydrogen (secondary N) is 2. The van der Waals surface area contributed by atoms with Crippen LogP contribution in [0, 0.1) is 10.8 Å². The van der Waals surface area contributed by atoms with Gasteiger partial charge < -0.3 is 50.7 Å². The molecule has 0 aromatic heterocycles. The van der Waals surface area contributed by atoms with Crippen molar-refractivity contribution in [3.8, 4) is 0 Å². The summed E-state index contributed by atoms with van der Waals surface area (Å²) < 4.78 is 11.2. The van der Waals surface area contributed by atoms with E-state index in [1.807, 2.05) is 41.5 Å². The second-order valence-corrected chi connectivity index (χ2v) is 11.7. The standard InChI is InChI=1S/2C12H23NO5.CH4/c2*1-6(15)13-8-10(17)9(16)7(5-14)18-11(8)12(2,3)4;/h2*7-11,14,16-17H,5H2,1-4H3,(H,13,15);1H4/t7-,8-,9+,10-,11?;;/m1../s1. The molecule has 0 aliphatic carbocycles. The maximum absolute atomic E-state index is 11.2. The first-order valence-corrected chi connectivity index (χ1v) is 12.2. The second-order valence-electron chi connectivity index (χ2n) is 11.7. The Labute approximate surface area is 220 Å². The molecule has 0 bridgehead atoms. The number of carbonyl (C=O) groups is 2. The fourth-order valence-corrected chi connectivity index (χ4v) is 4.51. The fourth-order valence-electron chi connectivity index (χ4n) is 4.51. The number of ether oxygens (including phenoxy) is 2. The monoisotopic (exact) mass is 538 g/mol. The average molecular weight is 539 g/mol. The van der Waals surface area contributed by atoms with Crippen molar-refractivity contribution in [2.24, 2.45) is 10.8 Å². The van der Waals surface area contributed by atoms with Gasteiger partial charge in [-0.3, -0.25) is 9.59 Å². The molecule has 2 heterocycles. The summed E-state index contributed by atoms with van der Waals surface area (Å²) in [4.78, 5) is 22.4. The predicted molar refractivity (Wildman–Crippen MR) is 136 cm³/mol. The zero-order valence-electron chi connectivity index (χ0n) is 22.5. The molecule has 6 unspecified atom stereocenters. The molecule has 2 rings (SSSR count). The zero-order chi connectivity index (χ0) is 28.2. The molecule has 0 spiro atoms. The largest absolute Gasteiger partial charge is 0.394 e. The van der Waals surface area contributed by atoms with Gasteiger partial charge in [-0.2, -0.15) is 0 Å². The van der Waals surface area contributed by atoms with E-state index < -0.39 is 60.9 Å². The van der Waals surface area contributed by atoms with Crippen LogP contribution in [0.4, 0.5) is 0 Å². The molecule has 12 nitrogen and oxygen atoms in total. The van der Waals surface area contributed by atoms with Gasteiger partial charge in [-0.1, -0.05) is 49.0 Å². The molecule has 12 heteroatoms. The number of hydrogen-bond donors (Lipinski definition) is 8. The number of aliphatic hydroxyl groups excluding tert-OH is 6. The third-order valence-electron chi connectivity index (χ3n) is 6.30. The molecule has 2 saturated heterocycles. The molecule has 2 aliphatic heterocycles. The van der Waals surface area contributed by atoms with E-state index in [4.69, 9.17) is 19.7 Å². The minimum atomic E-state index is -1.22. The van der Waals surface area contributed by atoms with Gasteiger partial charge in [-0.25, -0.2) is 0 Å². The summed E-state index contributed by atoms with van der Waals surface area (Å²) >= 11 is 0. The molecule has 220 valence electrons. The Bertz CT molecular complexity index is 663. The van der Waals surface area contributed by atoms with Crippen LogP contribution in [-0.4, -0.2) is 117 Å². The highest BCUT2D eigenvalue weighted by Crippen LogP contribution is 2.34. The van der Waals surface area contributed by atoms with E-state index >= 15 is 0 Å². The van der Waals surface area contributed by atoms with Gasteiger partial charge >= 0.3 is 0 Å². The van der Waals surface area contributed by atoms with Crippen molar-refractivity contribution in [3.63, 3.8) is 0 Å². The van der Waals surface area contributed by atoms with E-state index in [9.17, 15) is 30.0 Å². The predicted octanol–water partition coefficient (Wildman–Crippen LogP) is -1.33. The van der Waals surface area contributed by atoms with E-state index in [1.54, 1.807) is 0 Å². The molecule has 0 saturated carbocycles. The zero-order valence-corrected chi connectivity index (χ0v) is 22.5. The maximum atomic E-state index is 11.2. The molecule has 37 heavy (non-hydrogen) atoms. The average Bonchev–Trinajstić information content (AvgIpc) is 2.73. The van der Waals surface area contributed by atoms with Crippen LogP contribution in [0.3, 0.4) is 0 Å². The van der Waals surface area contributed by atoms with E-state index in [2.05, 4.69) is 10.6 Å². The second kappa shape index (κ2) is 14.1. The lowest BCUT2D eigenvalue weighted by molar-refractivity contribution is -0.216. The minimum absolute atomic E-state index is 0. The van der Waals surface area contributed by atoms with Crippen LogP contribution in [0.25, 0.3) is 0 Å². The van der Waals surface area contributed by atoms with E-state index in [0.717, 1.165) is 0 Å². The van der Waals surface area contributed by atoms with E-state index in [1.165, 1.54) is 13.8 Å². The van der Waals surface area contributed by atoms with Crippen LogP contribution in [0.1, 0.15) is 62.8 Å². The number of rotatable bonds is 4. The van der Waals surface area contributed by atoms with E-state index in [-0.39, 0.29) is 43.3 Å². The summed E-state index contributed by atoms with van der Waals surface area (Å²) in [5.74, 6) is -0.599. The summed E-state index contributed by atoms with van der Waals surface area (Å²) in [6, 6.07) is -1.39. The third kappa shape index (κ3) is 9.39. The van der Waals surface area contributed by atoms with Crippen molar-refractivity contribution in [1.29, 1.82) is 0 Å². The molecule has 0 aromatic rings. The summed E-state index contributed by atoms with van der Waals surface area (Å²) in [7, 11) is 0. The molecule has 2 aliphatic rings. The third-order valence-corrected chi connectivity index (χ3v) is 6.30. The summed E-state index contributed by atoms with van der Waals surface area (Å²) in [6.45, 7) is 13.4. The fraction of sp³-hybridized carbons (Fsp3) is 0.920. The van der Waals surface area contributed by atoms with Gasteiger partial charge in [0.25, 0.3) is 0 Å². The van der Waals surface area contributed by atoms with Crippen LogP contribution in [0.5, 0.6) is 0 Å². The smallest absolute Gasteiger partial charge is 0.217 e. The summed E-state index contributed by atoms with van der Waals surface area (Å²) in [5.41, 5.74) is -0.691. The topological polar surface area (TPSA) is 198 Å². The quantitative estimate of drug-likeness (QED) is 0.212. The van der Waals surface area contributed by atoms with Crippen molar-refractivity contribution in [2.45, 2.75) is 124 Å². The Morgan fingerprint density at radius 2 is 0.919 bits per heavy atom. The van der Waals surface area contributed by atoms with Crippen molar-refractivity contribution >= 4 is 11.8 Å². The van der Waals surface area contributed by atoms with Gasteiger partial charge in [0.05, 0.1) is 37.5 Å². The highest BCUT2D eigenvalue weighted by Gasteiger charge is 2.49. The lowest BCUT2D eigenvalue weighted by atomic mass is 9.78. The highest BCUT2D eigenvalue weighted by atomic mass is 16.5. The van der Waals surface area contributed by atoms with Gasteiger partial charge in [0.15, 0.2) is 0 Å². The van der Waals surface area contributed by atoms with Crippen molar-refractivity contribution in [1.82, 2.24) is 10.6 Å². The highest BCUT2D eigenvalue weighted by molar-refractivity contribution is 5.73. The molecule has 2 fully saturated rings. The Balaban J connectivity index is 0.000000682. The maximum Gasteiger partial charge on any atom is 0.217 e. The van der Waals surface area contributed by atoms with Crippen molar-refractivity contribution < 1.29 is 49.7 Å². The number of carbonyl (C=O) groups excluding carboxylic acids is 2. The SMILES string of the molecule is C.CC(=O)NC1C(O)C(O)C(CO)OC1C(C)(C)C.CC(=O)N[C@H]1C(C(C)(C)C)O[C@H](CO)[C@H](O)[C@@H]1O. The molecular formula is C25H50N2O10. The lowest BCUT2D eigenvalue weighted by Crippen LogP contribution is -2.66. The number of amides is 2. The number of aliphatic hydroxyl groups is 6.